The van der Waals surface area contributed by atoms with E-state index in [-0.39, 0.29) is 6.03 Å². The predicted octanol–water partition coefficient (Wildman–Crippen LogP) is 0.589. The molecule has 1 aromatic heterocycles. The molecule has 22 heavy (non-hydrogen) atoms. The number of sulfonamides is 1. The van der Waals surface area contributed by atoms with Gasteiger partial charge in [0.2, 0.25) is 15.9 Å². The van der Waals surface area contributed by atoms with Gasteiger partial charge in [-0.15, -0.1) is 0 Å². The minimum atomic E-state index is -3.20. The Hall–Kier alpha value is -1.87. The van der Waals surface area contributed by atoms with Crippen molar-refractivity contribution in [2.45, 2.75) is 6.92 Å². The molecule has 0 radical (unpaired) electrons. The predicted molar refractivity (Wildman–Crippen MR) is 82.4 cm³/mol. The van der Waals surface area contributed by atoms with E-state index >= 15 is 0 Å². The summed E-state index contributed by atoms with van der Waals surface area (Å²) >= 11 is 0. The molecule has 0 aliphatic carbocycles. The lowest BCUT2D eigenvalue weighted by atomic mass is 10.3. The van der Waals surface area contributed by atoms with E-state index in [1.807, 2.05) is 6.92 Å². The van der Waals surface area contributed by atoms with E-state index < -0.39 is 10.0 Å². The lowest BCUT2D eigenvalue weighted by molar-refractivity contribution is 0.184. The highest BCUT2D eigenvalue weighted by Crippen LogP contribution is 2.21. The number of pyridine rings is 1. The van der Waals surface area contributed by atoms with Crippen molar-refractivity contribution in [3.8, 4) is 5.88 Å². The summed E-state index contributed by atoms with van der Waals surface area (Å²) in [7, 11) is -3.20. The number of hydrogen-bond donors (Lipinski definition) is 1. The molecule has 0 bridgehead atoms. The van der Waals surface area contributed by atoms with Crippen molar-refractivity contribution >= 4 is 21.7 Å². The molecule has 2 amide bonds. The van der Waals surface area contributed by atoms with Gasteiger partial charge < -0.3 is 15.0 Å². The Kier molecular flexibility index (Phi) is 5.19. The maximum absolute atomic E-state index is 12.2. The number of ether oxygens (including phenoxy) is 1. The van der Waals surface area contributed by atoms with Crippen LogP contribution in [-0.4, -0.2) is 67.7 Å². The molecule has 1 aliphatic heterocycles. The van der Waals surface area contributed by atoms with Gasteiger partial charge in [0.15, 0.2) is 0 Å². The molecule has 1 N–H and O–H groups in total. The Bertz CT molecular complexity index is 627. The molecule has 2 heterocycles. The van der Waals surface area contributed by atoms with Crippen LogP contribution >= 0.6 is 0 Å². The number of anilines is 1. The second-order valence-corrected chi connectivity index (χ2v) is 6.85. The number of urea groups is 1. The maximum Gasteiger partial charge on any atom is 0.322 e. The van der Waals surface area contributed by atoms with Gasteiger partial charge in [0.1, 0.15) is 5.69 Å². The number of rotatable bonds is 4. The van der Waals surface area contributed by atoms with Crippen LogP contribution in [0.1, 0.15) is 6.92 Å². The summed E-state index contributed by atoms with van der Waals surface area (Å²) in [5.41, 5.74) is 0.500. The van der Waals surface area contributed by atoms with Crippen LogP contribution in [0.4, 0.5) is 10.5 Å². The van der Waals surface area contributed by atoms with Crippen LogP contribution in [0.5, 0.6) is 5.88 Å². The maximum atomic E-state index is 12.2. The molecule has 1 aliphatic rings. The highest BCUT2D eigenvalue weighted by molar-refractivity contribution is 7.88. The third kappa shape index (κ3) is 4.08. The summed E-state index contributed by atoms with van der Waals surface area (Å²) in [4.78, 5) is 17.9. The first kappa shape index (κ1) is 16.5. The number of amides is 2. The smallest absolute Gasteiger partial charge is 0.322 e. The highest BCUT2D eigenvalue weighted by Gasteiger charge is 2.26. The van der Waals surface area contributed by atoms with Crippen molar-refractivity contribution in [1.29, 1.82) is 0 Å². The number of nitrogens with one attached hydrogen (secondary N) is 1. The Balaban J connectivity index is 1.97. The van der Waals surface area contributed by atoms with Gasteiger partial charge in [-0.2, -0.15) is 4.31 Å². The normalized spacial score (nSPS) is 16.4. The second-order valence-electron chi connectivity index (χ2n) is 4.87. The van der Waals surface area contributed by atoms with Gasteiger partial charge in [-0.05, 0) is 19.1 Å². The highest BCUT2D eigenvalue weighted by atomic mass is 32.2. The van der Waals surface area contributed by atoms with E-state index in [0.29, 0.717) is 44.4 Å². The Morgan fingerprint density at radius 1 is 1.36 bits per heavy atom. The Morgan fingerprint density at radius 3 is 2.64 bits per heavy atom. The quantitative estimate of drug-likeness (QED) is 0.873. The lowest BCUT2D eigenvalue weighted by Gasteiger charge is -2.33. The largest absolute Gasteiger partial charge is 0.476 e. The first-order chi connectivity index (χ1) is 10.4. The van der Waals surface area contributed by atoms with Gasteiger partial charge in [0.05, 0.1) is 12.9 Å². The number of piperazine rings is 1. The number of nitrogens with zero attached hydrogens (tertiary/aromatic N) is 3. The summed E-state index contributed by atoms with van der Waals surface area (Å²) in [6.07, 6.45) is 2.76. The van der Waals surface area contributed by atoms with Crippen LogP contribution in [0.25, 0.3) is 0 Å². The van der Waals surface area contributed by atoms with Crippen molar-refractivity contribution in [3.05, 3.63) is 18.3 Å². The van der Waals surface area contributed by atoms with Gasteiger partial charge in [-0.25, -0.2) is 18.2 Å². The van der Waals surface area contributed by atoms with Crippen molar-refractivity contribution in [3.63, 3.8) is 0 Å². The monoisotopic (exact) mass is 328 g/mol. The zero-order valence-corrected chi connectivity index (χ0v) is 13.5. The second kappa shape index (κ2) is 6.93. The molecule has 2 rings (SSSR count). The minimum Gasteiger partial charge on any atom is -0.476 e. The number of carbonyl (C=O) groups is 1. The van der Waals surface area contributed by atoms with Gasteiger partial charge in [-0.3, -0.25) is 0 Å². The Labute approximate surface area is 130 Å². The van der Waals surface area contributed by atoms with Gasteiger partial charge in [0, 0.05) is 32.4 Å². The fraction of sp³-hybridized carbons (Fsp3) is 0.538. The third-order valence-electron chi connectivity index (χ3n) is 3.29. The van der Waals surface area contributed by atoms with Crippen molar-refractivity contribution < 1.29 is 17.9 Å². The van der Waals surface area contributed by atoms with E-state index in [9.17, 15) is 13.2 Å². The molecule has 8 nitrogen and oxygen atoms in total. The molecule has 0 spiro atoms. The van der Waals surface area contributed by atoms with E-state index in [4.69, 9.17) is 4.74 Å². The molecule has 0 atom stereocenters. The van der Waals surface area contributed by atoms with Crippen LogP contribution in [0.3, 0.4) is 0 Å². The van der Waals surface area contributed by atoms with E-state index in [1.165, 1.54) is 10.6 Å². The summed E-state index contributed by atoms with van der Waals surface area (Å²) in [6.45, 7) is 3.60. The average Bonchev–Trinajstić information content (AvgIpc) is 2.49. The van der Waals surface area contributed by atoms with E-state index in [0.717, 1.165) is 0 Å². The van der Waals surface area contributed by atoms with Crippen LogP contribution in [0.15, 0.2) is 18.3 Å². The SMILES string of the molecule is CCOc1ncccc1NC(=O)N1CCN(S(C)(=O)=O)CC1. The Morgan fingerprint density at radius 2 is 2.05 bits per heavy atom. The molecular weight excluding hydrogens is 308 g/mol. The zero-order chi connectivity index (χ0) is 16.2. The summed E-state index contributed by atoms with van der Waals surface area (Å²) in [6, 6.07) is 3.13. The van der Waals surface area contributed by atoms with Gasteiger partial charge >= 0.3 is 6.03 Å². The van der Waals surface area contributed by atoms with E-state index in [1.54, 1.807) is 23.2 Å². The molecule has 1 aromatic rings. The number of aromatic nitrogens is 1. The zero-order valence-electron chi connectivity index (χ0n) is 12.7. The first-order valence-electron chi connectivity index (χ1n) is 7.00. The molecule has 1 saturated heterocycles. The first-order valence-corrected chi connectivity index (χ1v) is 8.85. The molecular formula is C13H20N4O4S. The minimum absolute atomic E-state index is 0.290. The van der Waals surface area contributed by atoms with Gasteiger partial charge in [0.25, 0.3) is 0 Å². The molecule has 9 heteroatoms. The molecule has 122 valence electrons. The summed E-state index contributed by atoms with van der Waals surface area (Å²) < 4.78 is 29.6. The van der Waals surface area contributed by atoms with Gasteiger partial charge in [-0.1, -0.05) is 0 Å². The van der Waals surface area contributed by atoms with E-state index in [2.05, 4.69) is 10.3 Å². The summed E-state index contributed by atoms with van der Waals surface area (Å²) in [5.74, 6) is 0.369. The molecule has 1 fully saturated rings. The lowest BCUT2D eigenvalue weighted by Crippen LogP contribution is -2.51. The molecule has 0 unspecified atom stereocenters. The van der Waals surface area contributed by atoms with Crippen LogP contribution in [0.2, 0.25) is 0 Å². The van der Waals surface area contributed by atoms with Crippen LogP contribution in [0, 0.1) is 0 Å². The fourth-order valence-corrected chi connectivity index (χ4v) is 2.98. The molecule has 0 aromatic carbocycles. The van der Waals surface area contributed by atoms with Crippen molar-refractivity contribution in [2.75, 3.05) is 44.4 Å². The number of hydrogen-bond acceptors (Lipinski definition) is 5. The standard InChI is InChI=1S/C13H20N4O4S/c1-3-21-12-11(5-4-6-14-12)15-13(18)16-7-9-17(10-8-16)22(2,19)20/h4-6H,3,7-10H2,1-2H3,(H,15,18). The number of carbonyl (C=O) groups excluding carboxylic acids is 1. The van der Waals surface area contributed by atoms with Crippen molar-refractivity contribution in [2.24, 2.45) is 0 Å². The van der Waals surface area contributed by atoms with Crippen molar-refractivity contribution in [1.82, 2.24) is 14.2 Å². The summed E-state index contributed by atoms with van der Waals surface area (Å²) in [5, 5.41) is 2.75. The fourth-order valence-electron chi connectivity index (χ4n) is 2.15. The van der Waals surface area contributed by atoms with Crippen LogP contribution in [-0.2, 0) is 10.0 Å². The third-order valence-corrected chi connectivity index (χ3v) is 4.59. The van der Waals surface area contributed by atoms with Crippen LogP contribution < -0.4 is 10.1 Å². The average molecular weight is 328 g/mol. The molecule has 0 saturated carbocycles. The topological polar surface area (TPSA) is 91.8 Å².